The van der Waals surface area contributed by atoms with Gasteiger partial charge in [-0.1, -0.05) is 54.6 Å². The fraction of sp³-hybridized carbons (Fsp3) is 0.400. The minimum atomic E-state index is -0.805. The van der Waals surface area contributed by atoms with Gasteiger partial charge in [0.05, 0.1) is 5.60 Å². The fourth-order valence-electron chi connectivity index (χ4n) is 2.56. The van der Waals surface area contributed by atoms with Gasteiger partial charge in [-0.2, -0.15) is 0 Å². The molecule has 1 atom stereocenters. The van der Waals surface area contributed by atoms with Crippen molar-refractivity contribution in [3.63, 3.8) is 0 Å². The molecule has 3 nitrogen and oxygen atoms in total. The summed E-state index contributed by atoms with van der Waals surface area (Å²) in [6.07, 6.45) is 0.700. The third-order valence-electron chi connectivity index (χ3n) is 4.14. The Morgan fingerprint density at radius 3 is 2.13 bits per heavy atom. The molecule has 0 aliphatic rings. The zero-order chi connectivity index (χ0) is 16.7. The van der Waals surface area contributed by atoms with Gasteiger partial charge in [-0.3, -0.25) is 0 Å². The average molecular weight is 312 g/mol. The van der Waals surface area contributed by atoms with Crippen molar-refractivity contribution in [3.8, 4) is 11.1 Å². The van der Waals surface area contributed by atoms with E-state index in [0.717, 1.165) is 25.2 Å². The van der Waals surface area contributed by atoms with Crippen LogP contribution in [-0.2, 0) is 5.60 Å². The maximum absolute atomic E-state index is 10.7. The van der Waals surface area contributed by atoms with Crippen molar-refractivity contribution in [2.45, 2.75) is 18.9 Å². The molecule has 2 rings (SSSR count). The number of benzene rings is 2. The zero-order valence-corrected chi connectivity index (χ0v) is 14.4. The van der Waals surface area contributed by atoms with Gasteiger partial charge in [-0.15, -0.1) is 0 Å². The summed E-state index contributed by atoms with van der Waals surface area (Å²) in [6, 6.07) is 18.5. The Hall–Kier alpha value is -1.68. The van der Waals surface area contributed by atoms with Crippen LogP contribution in [0.25, 0.3) is 11.1 Å². The summed E-state index contributed by atoms with van der Waals surface area (Å²) < 4.78 is 0. The molecule has 0 heterocycles. The van der Waals surface area contributed by atoms with E-state index in [4.69, 9.17) is 0 Å². The van der Waals surface area contributed by atoms with E-state index in [1.54, 1.807) is 0 Å². The maximum atomic E-state index is 10.7. The van der Waals surface area contributed by atoms with Crippen molar-refractivity contribution < 1.29 is 5.11 Å². The van der Waals surface area contributed by atoms with E-state index in [2.05, 4.69) is 48.6 Å². The highest BCUT2D eigenvalue weighted by Crippen LogP contribution is 2.27. The van der Waals surface area contributed by atoms with E-state index in [1.807, 2.05) is 37.3 Å². The number of hydrogen-bond donors (Lipinski definition) is 2. The monoisotopic (exact) mass is 312 g/mol. The van der Waals surface area contributed by atoms with Crippen molar-refractivity contribution in [1.82, 2.24) is 10.2 Å². The molecule has 0 aliphatic carbocycles. The third kappa shape index (κ3) is 5.47. The minimum Gasteiger partial charge on any atom is -0.385 e. The van der Waals surface area contributed by atoms with Crippen molar-refractivity contribution >= 4 is 0 Å². The fourth-order valence-corrected chi connectivity index (χ4v) is 2.56. The largest absolute Gasteiger partial charge is 0.385 e. The lowest BCUT2D eigenvalue weighted by molar-refractivity contribution is 0.0480. The summed E-state index contributed by atoms with van der Waals surface area (Å²) in [5.41, 5.74) is 2.53. The summed E-state index contributed by atoms with van der Waals surface area (Å²) in [6.45, 7) is 4.64. The first kappa shape index (κ1) is 17.7. The van der Waals surface area contributed by atoms with Crippen LogP contribution < -0.4 is 5.32 Å². The molecule has 23 heavy (non-hydrogen) atoms. The van der Waals surface area contributed by atoms with Gasteiger partial charge in [0.25, 0.3) is 0 Å². The number of nitrogens with one attached hydrogen (secondary N) is 1. The molecule has 0 saturated carbocycles. The summed E-state index contributed by atoms with van der Waals surface area (Å²) in [4.78, 5) is 2.15. The lowest BCUT2D eigenvalue weighted by atomic mass is 9.91. The number of hydrogen-bond acceptors (Lipinski definition) is 3. The number of nitrogens with zero attached hydrogens (tertiary/aromatic N) is 1. The Labute approximate surface area is 140 Å². The first-order valence-electron chi connectivity index (χ1n) is 8.23. The molecular weight excluding hydrogens is 284 g/mol. The van der Waals surface area contributed by atoms with Crippen LogP contribution in [0.5, 0.6) is 0 Å². The van der Waals surface area contributed by atoms with Crippen LogP contribution in [0, 0.1) is 0 Å². The van der Waals surface area contributed by atoms with Gasteiger partial charge in [0.1, 0.15) is 0 Å². The zero-order valence-electron chi connectivity index (χ0n) is 14.4. The molecule has 0 aliphatic heterocycles. The van der Waals surface area contributed by atoms with E-state index >= 15 is 0 Å². The molecule has 0 fully saturated rings. The lowest BCUT2D eigenvalue weighted by Gasteiger charge is -2.24. The van der Waals surface area contributed by atoms with E-state index in [-0.39, 0.29) is 0 Å². The quantitative estimate of drug-likeness (QED) is 0.735. The Bertz CT molecular complexity index is 576. The molecule has 2 aromatic rings. The van der Waals surface area contributed by atoms with Gasteiger partial charge in [0.2, 0.25) is 0 Å². The predicted molar refractivity (Wildman–Crippen MR) is 97.5 cm³/mol. The van der Waals surface area contributed by atoms with Crippen molar-refractivity contribution in [2.75, 3.05) is 33.7 Å². The van der Waals surface area contributed by atoms with Crippen molar-refractivity contribution in [3.05, 3.63) is 60.2 Å². The molecule has 124 valence electrons. The van der Waals surface area contributed by atoms with Gasteiger partial charge < -0.3 is 15.3 Å². The van der Waals surface area contributed by atoms with Crippen LogP contribution >= 0.6 is 0 Å². The predicted octanol–water partition coefficient (Wildman–Crippen LogP) is 3.10. The molecule has 1 unspecified atom stereocenters. The Kier molecular flexibility index (Phi) is 6.34. The number of rotatable bonds is 8. The Balaban J connectivity index is 1.92. The number of likely N-dealkylation sites (N-methyl/N-ethyl adjacent to an activating group) is 1. The maximum Gasteiger partial charge on any atom is 0.0880 e. The first-order chi connectivity index (χ1) is 11.0. The molecule has 2 aromatic carbocycles. The second kappa shape index (κ2) is 8.25. The van der Waals surface area contributed by atoms with E-state index in [9.17, 15) is 5.11 Å². The normalized spacial score (nSPS) is 14.0. The Morgan fingerprint density at radius 2 is 1.52 bits per heavy atom. The Morgan fingerprint density at radius 1 is 0.913 bits per heavy atom. The van der Waals surface area contributed by atoms with Gasteiger partial charge >= 0.3 is 0 Å². The van der Waals surface area contributed by atoms with Crippen molar-refractivity contribution in [1.29, 1.82) is 0 Å². The highest BCUT2D eigenvalue weighted by molar-refractivity contribution is 5.63. The molecule has 3 heteroatoms. The first-order valence-corrected chi connectivity index (χ1v) is 8.23. The molecule has 0 spiro atoms. The SMILES string of the molecule is CN(C)CCNCCC(C)(O)c1ccc(-c2ccccc2)cc1. The van der Waals surface area contributed by atoms with E-state index < -0.39 is 5.60 Å². The van der Waals surface area contributed by atoms with Gasteiger partial charge in [0.15, 0.2) is 0 Å². The van der Waals surface area contributed by atoms with Crippen LogP contribution in [0.2, 0.25) is 0 Å². The third-order valence-corrected chi connectivity index (χ3v) is 4.14. The van der Waals surface area contributed by atoms with Crippen molar-refractivity contribution in [2.24, 2.45) is 0 Å². The summed E-state index contributed by atoms with van der Waals surface area (Å²) >= 11 is 0. The lowest BCUT2D eigenvalue weighted by Crippen LogP contribution is -2.31. The molecule has 2 N–H and O–H groups in total. The van der Waals surface area contributed by atoms with Crippen LogP contribution in [0.1, 0.15) is 18.9 Å². The van der Waals surface area contributed by atoms with Crippen LogP contribution in [0.4, 0.5) is 0 Å². The molecule has 0 saturated heterocycles. The minimum absolute atomic E-state index is 0.700. The number of aliphatic hydroxyl groups is 1. The smallest absolute Gasteiger partial charge is 0.0880 e. The molecule has 0 radical (unpaired) electrons. The van der Waals surface area contributed by atoms with E-state index in [0.29, 0.717) is 6.42 Å². The second-order valence-electron chi connectivity index (χ2n) is 6.52. The second-order valence-corrected chi connectivity index (χ2v) is 6.52. The molecular formula is C20H28N2O. The van der Waals surface area contributed by atoms with Crippen LogP contribution in [-0.4, -0.2) is 43.7 Å². The van der Waals surface area contributed by atoms with Gasteiger partial charge in [-0.05, 0) is 50.7 Å². The molecule has 0 aromatic heterocycles. The standard InChI is InChI=1S/C20H28N2O/c1-20(23,13-14-21-15-16-22(2)3)19-11-9-18(10-12-19)17-7-5-4-6-8-17/h4-12,21,23H,13-16H2,1-3H3. The summed E-state index contributed by atoms with van der Waals surface area (Å²) in [7, 11) is 4.12. The summed E-state index contributed by atoms with van der Waals surface area (Å²) in [5, 5.41) is 14.1. The topological polar surface area (TPSA) is 35.5 Å². The summed E-state index contributed by atoms with van der Waals surface area (Å²) in [5.74, 6) is 0. The highest BCUT2D eigenvalue weighted by Gasteiger charge is 2.22. The van der Waals surface area contributed by atoms with Crippen LogP contribution in [0.3, 0.4) is 0 Å². The molecule has 0 amide bonds. The van der Waals surface area contributed by atoms with Gasteiger partial charge in [-0.25, -0.2) is 0 Å². The van der Waals surface area contributed by atoms with E-state index in [1.165, 1.54) is 11.1 Å². The van der Waals surface area contributed by atoms with Gasteiger partial charge in [0, 0.05) is 13.1 Å². The van der Waals surface area contributed by atoms with Crippen LogP contribution in [0.15, 0.2) is 54.6 Å². The molecule has 0 bridgehead atoms. The average Bonchev–Trinajstić information content (AvgIpc) is 2.55. The highest BCUT2D eigenvalue weighted by atomic mass is 16.3.